The summed E-state index contributed by atoms with van der Waals surface area (Å²) in [5.41, 5.74) is -0.367. The Kier molecular flexibility index (Phi) is 5.28. The molecule has 0 aliphatic heterocycles. The molecule has 0 saturated carbocycles. The Labute approximate surface area is 115 Å². The monoisotopic (exact) mass is 318 g/mol. The Morgan fingerprint density at radius 2 is 1.95 bits per heavy atom. The van der Waals surface area contributed by atoms with Gasteiger partial charge in [0.15, 0.2) is 12.5 Å². The molecule has 0 aliphatic rings. The first-order valence-electron chi connectivity index (χ1n) is 4.70. The molecule has 0 atom stereocenters. The fourth-order valence-corrected chi connectivity index (χ4v) is 1.67. The van der Waals surface area contributed by atoms with E-state index in [-0.39, 0.29) is 21.4 Å². The van der Waals surface area contributed by atoms with Gasteiger partial charge in [0.05, 0.1) is 5.02 Å². The maximum atomic E-state index is 11.8. The SMILES string of the molecule is O=C(O)c1cc(Cl)cc(Cl)c1OCOCC(F)(F)F. The quantitative estimate of drug-likeness (QED) is 0.665. The Balaban J connectivity index is 2.75. The standard InChI is InChI=1S/C10H7Cl2F3O4/c11-5-1-6(9(16)17)8(7(12)2-5)19-4-18-3-10(13,14)15/h1-2H,3-4H2,(H,16,17). The molecule has 4 nitrogen and oxygen atoms in total. The molecule has 106 valence electrons. The summed E-state index contributed by atoms with van der Waals surface area (Å²) in [5, 5.41) is 8.80. The largest absolute Gasteiger partial charge is 0.478 e. The summed E-state index contributed by atoms with van der Waals surface area (Å²) in [6, 6.07) is 2.27. The minimum Gasteiger partial charge on any atom is -0.478 e. The van der Waals surface area contributed by atoms with Gasteiger partial charge in [-0.15, -0.1) is 0 Å². The Morgan fingerprint density at radius 3 is 2.47 bits per heavy atom. The van der Waals surface area contributed by atoms with Crippen molar-refractivity contribution in [3.05, 3.63) is 27.7 Å². The zero-order chi connectivity index (χ0) is 14.6. The van der Waals surface area contributed by atoms with Crippen LogP contribution in [0.2, 0.25) is 10.0 Å². The van der Waals surface area contributed by atoms with Gasteiger partial charge < -0.3 is 14.6 Å². The molecular formula is C10H7Cl2F3O4. The number of benzene rings is 1. The van der Waals surface area contributed by atoms with E-state index < -0.39 is 25.5 Å². The number of rotatable bonds is 5. The number of hydrogen-bond donors (Lipinski definition) is 1. The van der Waals surface area contributed by atoms with E-state index in [1.165, 1.54) is 6.07 Å². The van der Waals surface area contributed by atoms with Crippen molar-refractivity contribution < 1.29 is 32.5 Å². The van der Waals surface area contributed by atoms with Gasteiger partial charge in [-0.2, -0.15) is 13.2 Å². The Hall–Kier alpha value is -1.18. The Morgan fingerprint density at radius 1 is 1.32 bits per heavy atom. The van der Waals surface area contributed by atoms with Gasteiger partial charge >= 0.3 is 12.1 Å². The first kappa shape index (κ1) is 15.9. The molecule has 1 rings (SSSR count). The van der Waals surface area contributed by atoms with E-state index in [0.29, 0.717) is 0 Å². The number of ether oxygens (including phenoxy) is 2. The molecule has 1 N–H and O–H groups in total. The topological polar surface area (TPSA) is 55.8 Å². The van der Waals surface area contributed by atoms with E-state index >= 15 is 0 Å². The van der Waals surface area contributed by atoms with E-state index in [2.05, 4.69) is 4.74 Å². The number of carboxylic acids is 1. The normalized spacial score (nSPS) is 11.4. The molecule has 0 spiro atoms. The van der Waals surface area contributed by atoms with Crippen LogP contribution in [-0.2, 0) is 4.74 Å². The van der Waals surface area contributed by atoms with Crippen LogP contribution in [-0.4, -0.2) is 30.7 Å². The molecule has 0 aliphatic carbocycles. The van der Waals surface area contributed by atoms with Crippen molar-refractivity contribution >= 4 is 29.2 Å². The lowest BCUT2D eigenvalue weighted by molar-refractivity contribution is -0.186. The predicted octanol–water partition coefficient (Wildman–Crippen LogP) is 3.61. The summed E-state index contributed by atoms with van der Waals surface area (Å²) in [5.74, 6) is -1.68. The van der Waals surface area contributed by atoms with Crippen LogP contribution in [0.25, 0.3) is 0 Å². The Bertz CT molecular complexity index is 477. The highest BCUT2D eigenvalue weighted by Gasteiger charge is 2.27. The number of carbonyl (C=O) groups is 1. The number of halogens is 5. The summed E-state index contributed by atoms with van der Waals surface area (Å²) in [6.45, 7) is -2.30. The smallest absolute Gasteiger partial charge is 0.411 e. The van der Waals surface area contributed by atoms with E-state index in [1.54, 1.807) is 0 Å². The minimum absolute atomic E-state index is 0.0611. The predicted molar refractivity (Wildman–Crippen MR) is 60.9 cm³/mol. The fourth-order valence-electron chi connectivity index (χ4n) is 1.12. The number of alkyl halides is 3. The molecule has 0 fully saturated rings. The lowest BCUT2D eigenvalue weighted by Gasteiger charge is -2.12. The molecule has 0 aromatic heterocycles. The lowest BCUT2D eigenvalue weighted by Crippen LogP contribution is -2.19. The second-order valence-corrected chi connectivity index (χ2v) is 4.14. The highest BCUT2D eigenvalue weighted by atomic mass is 35.5. The van der Waals surface area contributed by atoms with E-state index in [9.17, 15) is 18.0 Å². The first-order valence-corrected chi connectivity index (χ1v) is 5.46. The molecular weight excluding hydrogens is 312 g/mol. The van der Waals surface area contributed by atoms with Crippen LogP contribution in [0.4, 0.5) is 13.2 Å². The van der Waals surface area contributed by atoms with Crippen molar-refractivity contribution in [2.45, 2.75) is 6.18 Å². The van der Waals surface area contributed by atoms with Crippen LogP contribution in [0.3, 0.4) is 0 Å². The van der Waals surface area contributed by atoms with Gasteiger partial charge in [0.1, 0.15) is 12.2 Å². The second-order valence-electron chi connectivity index (χ2n) is 3.30. The van der Waals surface area contributed by atoms with Gasteiger partial charge in [-0.3, -0.25) is 0 Å². The first-order chi connectivity index (χ1) is 8.70. The van der Waals surface area contributed by atoms with Crippen molar-refractivity contribution in [3.63, 3.8) is 0 Å². The minimum atomic E-state index is -4.50. The number of carboxylic acid groups (broad SMARTS) is 1. The van der Waals surface area contributed by atoms with E-state index in [4.69, 9.17) is 33.0 Å². The van der Waals surface area contributed by atoms with Gasteiger partial charge in [-0.05, 0) is 12.1 Å². The summed E-state index contributed by atoms with van der Waals surface area (Å²) in [6.07, 6.45) is -4.50. The maximum absolute atomic E-state index is 11.8. The van der Waals surface area contributed by atoms with E-state index in [0.717, 1.165) is 6.07 Å². The van der Waals surface area contributed by atoms with Crippen LogP contribution >= 0.6 is 23.2 Å². The summed E-state index contributed by atoms with van der Waals surface area (Å²) >= 11 is 11.3. The molecule has 0 amide bonds. The molecule has 1 aromatic carbocycles. The fraction of sp³-hybridized carbons (Fsp3) is 0.300. The number of aromatic carboxylic acids is 1. The lowest BCUT2D eigenvalue weighted by atomic mass is 10.2. The maximum Gasteiger partial charge on any atom is 0.411 e. The van der Waals surface area contributed by atoms with Crippen LogP contribution in [0.5, 0.6) is 5.75 Å². The van der Waals surface area contributed by atoms with E-state index in [1.807, 2.05) is 0 Å². The van der Waals surface area contributed by atoms with Gasteiger partial charge in [0.25, 0.3) is 0 Å². The summed E-state index contributed by atoms with van der Waals surface area (Å²) in [4.78, 5) is 10.9. The molecule has 9 heteroatoms. The van der Waals surface area contributed by atoms with Crippen molar-refractivity contribution in [2.75, 3.05) is 13.4 Å². The molecule has 1 aromatic rings. The van der Waals surface area contributed by atoms with Gasteiger partial charge in [-0.25, -0.2) is 4.79 Å². The zero-order valence-corrected chi connectivity index (χ0v) is 10.6. The third-order valence-electron chi connectivity index (χ3n) is 1.79. The van der Waals surface area contributed by atoms with Crippen molar-refractivity contribution in [2.24, 2.45) is 0 Å². The van der Waals surface area contributed by atoms with Gasteiger partial charge in [0.2, 0.25) is 0 Å². The zero-order valence-electron chi connectivity index (χ0n) is 9.13. The third kappa shape index (κ3) is 5.14. The molecule has 0 heterocycles. The van der Waals surface area contributed by atoms with Crippen LogP contribution in [0, 0.1) is 0 Å². The van der Waals surface area contributed by atoms with Crippen LogP contribution in [0.1, 0.15) is 10.4 Å². The second kappa shape index (κ2) is 6.31. The van der Waals surface area contributed by atoms with Crippen LogP contribution in [0.15, 0.2) is 12.1 Å². The van der Waals surface area contributed by atoms with Crippen LogP contribution < -0.4 is 4.74 Å². The third-order valence-corrected chi connectivity index (χ3v) is 2.29. The molecule has 19 heavy (non-hydrogen) atoms. The average Bonchev–Trinajstić information content (AvgIpc) is 2.24. The highest BCUT2D eigenvalue weighted by Crippen LogP contribution is 2.32. The van der Waals surface area contributed by atoms with Gasteiger partial charge in [-0.1, -0.05) is 23.2 Å². The number of hydrogen-bond acceptors (Lipinski definition) is 3. The van der Waals surface area contributed by atoms with Crippen molar-refractivity contribution in [1.82, 2.24) is 0 Å². The molecule has 0 bridgehead atoms. The molecule has 0 saturated heterocycles. The average molecular weight is 319 g/mol. The van der Waals surface area contributed by atoms with Crippen molar-refractivity contribution in [1.29, 1.82) is 0 Å². The summed E-state index contributed by atoms with van der Waals surface area (Å²) in [7, 11) is 0. The molecule has 0 radical (unpaired) electrons. The molecule has 0 unspecified atom stereocenters. The summed E-state index contributed by atoms with van der Waals surface area (Å²) < 4.78 is 44.4. The van der Waals surface area contributed by atoms with Crippen molar-refractivity contribution in [3.8, 4) is 5.75 Å². The van der Waals surface area contributed by atoms with Gasteiger partial charge in [0, 0.05) is 5.02 Å². The highest BCUT2D eigenvalue weighted by molar-refractivity contribution is 6.36.